The van der Waals surface area contributed by atoms with Gasteiger partial charge in [-0.15, -0.1) is 0 Å². The smallest absolute Gasteiger partial charge is 0.325 e. The maximum absolute atomic E-state index is 13.4. The van der Waals surface area contributed by atoms with Crippen molar-refractivity contribution in [2.75, 3.05) is 18.1 Å². The van der Waals surface area contributed by atoms with Gasteiger partial charge >= 0.3 is 6.03 Å². The molecule has 2 saturated heterocycles. The normalized spacial score (nSPS) is 27.9. The minimum Gasteiger partial charge on any atom is -0.348 e. The summed E-state index contributed by atoms with van der Waals surface area (Å²) in [5.74, 6) is -1.84. The Bertz CT molecular complexity index is 965. The number of sulfone groups is 1. The van der Waals surface area contributed by atoms with Gasteiger partial charge in [-0.25, -0.2) is 17.6 Å². The Hall–Kier alpha value is -2.49. The van der Waals surface area contributed by atoms with Gasteiger partial charge in [-0.3, -0.25) is 14.5 Å². The molecule has 8 nitrogen and oxygen atoms in total. The molecule has 4 amide bonds. The number of imide groups is 1. The molecular weight excluding hydrogens is 413 g/mol. The summed E-state index contributed by atoms with van der Waals surface area (Å²) >= 11 is 0. The highest BCUT2D eigenvalue weighted by Crippen LogP contribution is 2.34. The lowest BCUT2D eigenvalue weighted by Crippen LogP contribution is -2.51. The maximum Gasteiger partial charge on any atom is 0.325 e. The van der Waals surface area contributed by atoms with Crippen LogP contribution in [0.3, 0.4) is 0 Å². The van der Waals surface area contributed by atoms with E-state index in [0.29, 0.717) is 18.4 Å². The van der Waals surface area contributed by atoms with Crippen LogP contribution in [0.5, 0.6) is 0 Å². The van der Waals surface area contributed by atoms with E-state index in [9.17, 15) is 27.2 Å². The molecule has 3 rings (SSSR count). The summed E-state index contributed by atoms with van der Waals surface area (Å²) in [6.07, 6.45) is 2.00. The lowest BCUT2D eigenvalue weighted by atomic mass is 9.85. The molecule has 0 aliphatic carbocycles. The van der Waals surface area contributed by atoms with Crippen molar-refractivity contribution in [3.05, 3.63) is 35.6 Å². The lowest BCUT2D eigenvalue weighted by Gasteiger charge is -2.28. The fourth-order valence-corrected chi connectivity index (χ4v) is 6.18. The Morgan fingerprint density at radius 3 is 2.50 bits per heavy atom. The number of carbonyl (C=O) groups excluding carboxylic acids is 3. The number of unbranched alkanes of at least 4 members (excludes halogenated alkanes) is 1. The first kappa shape index (κ1) is 22.2. The Morgan fingerprint density at radius 1 is 1.27 bits per heavy atom. The second-order valence-electron chi connectivity index (χ2n) is 8.29. The van der Waals surface area contributed by atoms with Gasteiger partial charge in [0.15, 0.2) is 9.84 Å². The van der Waals surface area contributed by atoms with Gasteiger partial charge in [0, 0.05) is 0 Å². The molecule has 2 aliphatic heterocycles. The quantitative estimate of drug-likeness (QED) is 0.625. The van der Waals surface area contributed by atoms with Gasteiger partial charge in [-0.2, -0.15) is 0 Å². The molecule has 2 fully saturated rings. The molecule has 0 saturated carbocycles. The topological polar surface area (TPSA) is 113 Å². The predicted octanol–water partition coefficient (Wildman–Crippen LogP) is 1.46. The predicted molar refractivity (Wildman–Crippen MR) is 108 cm³/mol. The summed E-state index contributed by atoms with van der Waals surface area (Å²) in [4.78, 5) is 39.2. The van der Waals surface area contributed by atoms with Crippen molar-refractivity contribution in [2.24, 2.45) is 0 Å². The monoisotopic (exact) mass is 439 g/mol. The average Bonchev–Trinajstić information content (AvgIpc) is 3.07. The number of carbonyl (C=O) groups is 3. The second-order valence-corrected chi connectivity index (χ2v) is 10.5. The molecule has 2 atom stereocenters. The van der Waals surface area contributed by atoms with E-state index in [4.69, 9.17) is 0 Å². The molecular formula is C20H26FN3O5S. The summed E-state index contributed by atoms with van der Waals surface area (Å²) in [5, 5.41) is 5.35. The van der Waals surface area contributed by atoms with Crippen molar-refractivity contribution in [3.63, 3.8) is 0 Å². The first-order valence-electron chi connectivity index (χ1n) is 9.92. The van der Waals surface area contributed by atoms with Gasteiger partial charge in [0.05, 0.1) is 17.0 Å². The third kappa shape index (κ3) is 4.33. The Labute approximate surface area is 175 Å². The van der Waals surface area contributed by atoms with Crippen molar-refractivity contribution in [1.29, 1.82) is 0 Å². The molecule has 2 N–H and O–H groups in total. The molecule has 1 aromatic rings. The van der Waals surface area contributed by atoms with Crippen LogP contribution < -0.4 is 10.6 Å². The zero-order valence-corrected chi connectivity index (χ0v) is 17.9. The Kier molecular flexibility index (Phi) is 5.90. The van der Waals surface area contributed by atoms with E-state index in [0.717, 1.165) is 11.3 Å². The van der Waals surface area contributed by atoms with E-state index < -0.39 is 51.1 Å². The molecule has 2 aliphatic rings. The summed E-state index contributed by atoms with van der Waals surface area (Å²) < 4.78 is 36.9. The van der Waals surface area contributed by atoms with Gasteiger partial charge in [0.1, 0.15) is 17.9 Å². The van der Waals surface area contributed by atoms with Crippen LogP contribution in [0.2, 0.25) is 0 Å². The molecule has 164 valence electrons. The molecule has 0 bridgehead atoms. The molecule has 2 heterocycles. The number of nitrogens with zero attached hydrogens (tertiary/aromatic N) is 1. The van der Waals surface area contributed by atoms with Crippen molar-refractivity contribution in [3.8, 4) is 0 Å². The van der Waals surface area contributed by atoms with E-state index in [-0.39, 0.29) is 17.9 Å². The minimum absolute atomic E-state index is 0.0163. The van der Waals surface area contributed by atoms with Gasteiger partial charge in [0.2, 0.25) is 5.91 Å². The van der Waals surface area contributed by atoms with Gasteiger partial charge in [-0.1, -0.05) is 31.9 Å². The van der Waals surface area contributed by atoms with Crippen molar-refractivity contribution in [1.82, 2.24) is 15.5 Å². The van der Waals surface area contributed by atoms with Crippen LogP contribution in [0.15, 0.2) is 24.3 Å². The molecule has 10 heteroatoms. The fraction of sp³-hybridized carbons (Fsp3) is 0.550. The SMILES string of the molecule is CCCC[C@@]1(c2ccc(F)cc2)NC(=O)N(CC(=O)N[C@]2(C)CCS(=O)(=O)C2)C1=O. The fourth-order valence-electron chi connectivity index (χ4n) is 4.08. The van der Waals surface area contributed by atoms with Crippen LogP contribution in [0.1, 0.15) is 45.1 Å². The Morgan fingerprint density at radius 2 is 1.93 bits per heavy atom. The summed E-state index contributed by atoms with van der Waals surface area (Å²) in [7, 11) is -3.22. The van der Waals surface area contributed by atoms with Crippen molar-refractivity contribution in [2.45, 2.75) is 50.6 Å². The van der Waals surface area contributed by atoms with Gasteiger partial charge in [0.25, 0.3) is 5.91 Å². The number of benzene rings is 1. The number of nitrogens with one attached hydrogen (secondary N) is 2. The molecule has 0 radical (unpaired) electrons. The number of halogens is 1. The highest BCUT2D eigenvalue weighted by atomic mass is 32.2. The van der Waals surface area contributed by atoms with E-state index in [1.54, 1.807) is 6.92 Å². The number of rotatable bonds is 7. The molecule has 1 aromatic carbocycles. The van der Waals surface area contributed by atoms with Gasteiger partial charge in [-0.05, 0) is 37.5 Å². The molecule has 0 aromatic heterocycles. The van der Waals surface area contributed by atoms with Crippen LogP contribution in [-0.2, 0) is 25.0 Å². The highest BCUT2D eigenvalue weighted by Gasteiger charge is 2.52. The van der Waals surface area contributed by atoms with E-state index in [1.165, 1.54) is 24.3 Å². The lowest BCUT2D eigenvalue weighted by molar-refractivity contribution is -0.136. The van der Waals surface area contributed by atoms with Gasteiger partial charge < -0.3 is 10.6 Å². The minimum atomic E-state index is -3.22. The zero-order valence-electron chi connectivity index (χ0n) is 17.0. The first-order valence-corrected chi connectivity index (χ1v) is 11.7. The average molecular weight is 440 g/mol. The number of hydrogen-bond donors (Lipinski definition) is 2. The highest BCUT2D eigenvalue weighted by molar-refractivity contribution is 7.91. The third-order valence-electron chi connectivity index (χ3n) is 5.66. The molecule has 0 unspecified atom stereocenters. The van der Waals surface area contributed by atoms with E-state index in [1.807, 2.05) is 6.92 Å². The van der Waals surface area contributed by atoms with Crippen LogP contribution >= 0.6 is 0 Å². The number of urea groups is 1. The Balaban J connectivity index is 1.79. The third-order valence-corrected chi connectivity index (χ3v) is 7.57. The summed E-state index contributed by atoms with van der Waals surface area (Å²) in [6.45, 7) is 3.06. The van der Waals surface area contributed by atoms with E-state index >= 15 is 0 Å². The van der Waals surface area contributed by atoms with Crippen LogP contribution in [-0.4, -0.2) is 54.8 Å². The second kappa shape index (κ2) is 7.98. The van der Waals surface area contributed by atoms with Crippen LogP contribution in [0.4, 0.5) is 9.18 Å². The first-order chi connectivity index (χ1) is 14.0. The number of hydrogen-bond acceptors (Lipinski definition) is 5. The van der Waals surface area contributed by atoms with Crippen molar-refractivity contribution >= 4 is 27.7 Å². The standard InChI is InChI=1S/C20H26FN3O5S/c1-3-4-9-20(14-5-7-15(21)8-6-14)17(26)24(18(27)23-20)12-16(25)22-19(2)10-11-30(28,29)13-19/h5-8H,3-4,9-13H2,1-2H3,(H,22,25)(H,23,27)/t19-,20+/m1/s1. The largest absolute Gasteiger partial charge is 0.348 e. The summed E-state index contributed by atoms with van der Waals surface area (Å²) in [5.41, 5.74) is -1.83. The molecule has 30 heavy (non-hydrogen) atoms. The zero-order chi connectivity index (χ0) is 22.2. The van der Waals surface area contributed by atoms with E-state index in [2.05, 4.69) is 10.6 Å². The number of amides is 4. The maximum atomic E-state index is 13.4. The van der Waals surface area contributed by atoms with Crippen LogP contribution in [0, 0.1) is 5.82 Å². The molecule has 0 spiro atoms. The van der Waals surface area contributed by atoms with Crippen molar-refractivity contribution < 1.29 is 27.2 Å². The summed E-state index contributed by atoms with van der Waals surface area (Å²) in [6, 6.07) is 4.65. The van der Waals surface area contributed by atoms with Crippen LogP contribution in [0.25, 0.3) is 0 Å².